The third-order valence-electron chi connectivity index (χ3n) is 5.40. The number of likely N-dealkylation sites (N-methyl/N-ethyl adjacent to an activating group) is 1. The molecule has 2 aromatic heterocycles. The number of rotatable bonds is 7. The van der Waals surface area contributed by atoms with Crippen LogP contribution in [-0.4, -0.2) is 70.7 Å². The topological polar surface area (TPSA) is 72.2 Å². The van der Waals surface area contributed by atoms with Crippen LogP contribution < -0.4 is 10.9 Å². The second-order valence-corrected chi connectivity index (χ2v) is 12.6. The zero-order valence-corrected chi connectivity index (χ0v) is 22.0. The van der Waals surface area contributed by atoms with Gasteiger partial charge in [-0.2, -0.15) is 0 Å². The van der Waals surface area contributed by atoms with Gasteiger partial charge in [0.1, 0.15) is 0 Å². The zero-order valence-electron chi connectivity index (χ0n) is 17.9. The van der Waals surface area contributed by atoms with Crippen molar-refractivity contribution in [1.82, 2.24) is 9.80 Å². The number of halogens is 1. The molecule has 0 aliphatic carbocycles. The summed E-state index contributed by atoms with van der Waals surface area (Å²) in [5.41, 5.74) is -0.0957. The van der Waals surface area contributed by atoms with Crippen LogP contribution in [0.2, 0.25) is 0 Å². The summed E-state index contributed by atoms with van der Waals surface area (Å²) in [6.45, 7) is 8.95. The first-order valence-electron chi connectivity index (χ1n) is 10.3. The van der Waals surface area contributed by atoms with Gasteiger partial charge in [0.25, 0.3) is 0 Å². The fraction of sp³-hybridized carbons (Fsp3) is 0.476. The van der Waals surface area contributed by atoms with Crippen LogP contribution in [0.3, 0.4) is 0 Å². The van der Waals surface area contributed by atoms with Gasteiger partial charge in [-0.25, -0.2) is 0 Å². The predicted octanol–water partition coefficient (Wildman–Crippen LogP) is 3.40. The Kier molecular flexibility index (Phi) is 7.26. The molecule has 7 nitrogen and oxygen atoms in total. The first-order chi connectivity index (χ1) is 14.9. The van der Waals surface area contributed by atoms with Gasteiger partial charge in [0.2, 0.25) is 0 Å². The molecular weight excluding hydrogens is 550 g/mol. The number of fused-ring (bicyclic) bond motifs is 3. The molecule has 0 radical (unpaired) electrons. The fourth-order valence-corrected chi connectivity index (χ4v) is 9.10. The van der Waals surface area contributed by atoms with E-state index in [1.54, 1.807) is 19.9 Å². The first-order valence-corrected chi connectivity index (χ1v) is 14.4. The molecule has 1 aromatic carbocycles. The number of nitrogens with zero attached hydrogens (tertiary/aromatic N) is 2. The van der Waals surface area contributed by atoms with Gasteiger partial charge in [-0.1, -0.05) is 0 Å². The molecule has 1 aliphatic heterocycles. The molecule has 10 heteroatoms. The van der Waals surface area contributed by atoms with E-state index in [2.05, 4.69) is 32.8 Å². The van der Waals surface area contributed by atoms with Gasteiger partial charge in [0, 0.05) is 0 Å². The summed E-state index contributed by atoms with van der Waals surface area (Å²) < 4.78 is 33.1. The Hall–Kier alpha value is -0.761. The number of hydrogen-bond acceptors (Lipinski definition) is 7. The van der Waals surface area contributed by atoms with E-state index in [0.29, 0.717) is 5.58 Å². The van der Waals surface area contributed by atoms with Gasteiger partial charge in [-0.05, 0) is 0 Å². The van der Waals surface area contributed by atoms with Crippen molar-refractivity contribution >= 4 is 63.9 Å². The number of benzene rings is 1. The Bertz CT molecular complexity index is 1190. The van der Waals surface area contributed by atoms with Crippen LogP contribution in [-0.2, 0) is 20.2 Å². The van der Waals surface area contributed by atoms with Crippen LogP contribution >= 0.6 is 23.5 Å². The number of piperazine rings is 1. The second-order valence-electron chi connectivity index (χ2n) is 7.53. The van der Waals surface area contributed by atoms with Gasteiger partial charge in [-0.15, -0.1) is 0 Å². The van der Waals surface area contributed by atoms with Crippen LogP contribution in [0.1, 0.15) is 18.3 Å². The molecule has 0 saturated carbocycles. The van der Waals surface area contributed by atoms with Crippen LogP contribution in [0.4, 0.5) is 0 Å². The summed E-state index contributed by atoms with van der Waals surface area (Å²) in [4.78, 5) is 17.6. The van der Waals surface area contributed by atoms with Gasteiger partial charge < -0.3 is 0 Å². The van der Waals surface area contributed by atoms with Crippen LogP contribution in [0.15, 0.2) is 31.9 Å². The SMILES string of the molecule is CCOP(=O)(OCC)c1cc2ccc3c(Br)c(CN4CCN(C)CC4)[se]c3c2oc1=O. The van der Waals surface area contributed by atoms with Crippen molar-refractivity contribution in [2.75, 3.05) is 46.4 Å². The molecular formula is C21H26BrN2O5PSe. The third kappa shape index (κ3) is 4.66. The summed E-state index contributed by atoms with van der Waals surface area (Å²) in [6, 6.07) is 5.55. The van der Waals surface area contributed by atoms with Crippen LogP contribution in [0.5, 0.6) is 0 Å². The van der Waals surface area contributed by atoms with E-state index in [-0.39, 0.29) is 33.0 Å². The fourth-order valence-electron chi connectivity index (χ4n) is 3.76. The third-order valence-corrected chi connectivity index (χ3v) is 11.5. The standard InChI is InChI=1S/C21H26BrN2O5PSe/c1-4-27-30(26,28-5-2)16-12-14-6-7-15-18(22)17(13-24-10-8-23(3)9-11-24)31-20(15)19(14)29-21(16)25/h6-7,12H,4-5,8-11,13H2,1-3H3. The zero-order chi connectivity index (χ0) is 22.2. The summed E-state index contributed by atoms with van der Waals surface area (Å²) in [7, 11) is -1.57. The van der Waals surface area contributed by atoms with E-state index in [1.807, 2.05) is 12.1 Å². The Labute approximate surface area is 195 Å². The average Bonchev–Trinajstić information content (AvgIpc) is 3.05. The van der Waals surface area contributed by atoms with Crippen molar-refractivity contribution in [2.45, 2.75) is 20.4 Å². The van der Waals surface area contributed by atoms with Crippen molar-refractivity contribution in [1.29, 1.82) is 0 Å². The minimum atomic E-state index is -3.72. The van der Waals surface area contributed by atoms with Crippen molar-refractivity contribution in [3.63, 3.8) is 0 Å². The average molecular weight is 576 g/mol. The van der Waals surface area contributed by atoms with E-state index >= 15 is 0 Å². The molecule has 1 saturated heterocycles. The summed E-state index contributed by atoms with van der Waals surface area (Å²) >= 11 is 3.83. The van der Waals surface area contributed by atoms with Crippen molar-refractivity contribution in [3.8, 4) is 0 Å². The molecule has 4 rings (SSSR count). The van der Waals surface area contributed by atoms with E-state index in [4.69, 9.17) is 13.5 Å². The molecule has 0 bridgehead atoms. The van der Waals surface area contributed by atoms with Crippen LogP contribution in [0, 0.1) is 0 Å². The van der Waals surface area contributed by atoms with Crippen molar-refractivity contribution in [2.24, 2.45) is 0 Å². The Morgan fingerprint density at radius 3 is 2.48 bits per heavy atom. The number of hydrogen-bond donors (Lipinski definition) is 0. The van der Waals surface area contributed by atoms with Crippen molar-refractivity contribution in [3.05, 3.63) is 37.5 Å². The molecule has 168 valence electrons. The first kappa shape index (κ1) is 23.4. The maximum absolute atomic E-state index is 13.1. The molecule has 1 aliphatic rings. The summed E-state index contributed by atoms with van der Waals surface area (Å²) in [5, 5.41) is 1.76. The molecule has 1 fully saturated rings. The Morgan fingerprint density at radius 2 is 1.84 bits per heavy atom. The minimum absolute atomic E-state index is 0.0397. The van der Waals surface area contributed by atoms with E-state index in [9.17, 15) is 9.36 Å². The van der Waals surface area contributed by atoms with E-state index in [0.717, 1.165) is 52.2 Å². The normalized spacial score (nSPS) is 16.5. The van der Waals surface area contributed by atoms with Gasteiger partial charge in [-0.3, -0.25) is 0 Å². The summed E-state index contributed by atoms with van der Waals surface area (Å²) in [5.74, 6) is 0. The molecule has 0 amide bonds. The summed E-state index contributed by atoms with van der Waals surface area (Å²) in [6.07, 6.45) is 0. The Morgan fingerprint density at radius 1 is 1.16 bits per heavy atom. The molecule has 31 heavy (non-hydrogen) atoms. The monoisotopic (exact) mass is 576 g/mol. The maximum atomic E-state index is 13.1. The van der Waals surface area contributed by atoms with E-state index in [1.165, 1.54) is 4.44 Å². The Balaban J connectivity index is 1.76. The molecule has 0 atom stereocenters. The molecule has 3 heterocycles. The van der Waals surface area contributed by atoms with E-state index < -0.39 is 13.2 Å². The van der Waals surface area contributed by atoms with Gasteiger partial charge >= 0.3 is 196 Å². The quantitative estimate of drug-likeness (QED) is 0.243. The van der Waals surface area contributed by atoms with Gasteiger partial charge in [0.15, 0.2) is 0 Å². The van der Waals surface area contributed by atoms with Crippen molar-refractivity contribution < 1.29 is 18.0 Å². The second kappa shape index (κ2) is 9.62. The molecule has 0 spiro atoms. The predicted molar refractivity (Wildman–Crippen MR) is 128 cm³/mol. The van der Waals surface area contributed by atoms with Crippen LogP contribution in [0.25, 0.3) is 20.6 Å². The molecule has 3 aromatic rings. The molecule has 0 unspecified atom stereocenters. The van der Waals surface area contributed by atoms with Gasteiger partial charge in [0.05, 0.1) is 0 Å². The molecule has 0 N–H and O–H groups in total.